The van der Waals surface area contributed by atoms with E-state index >= 15 is 0 Å². The molecular weight excluding hydrogens is 487 g/mol. The number of methoxy groups -OCH3 is 1. The molecule has 1 unspecified atom stereocenters. The number of amides is 1. The van der Waals surface area contributed by atoms with Crippen LogP contribution >= 0.6 is 23.2 Å². The molecule has 1 saturated heterocycles. The highest BCUT2D eigenvalue weighted by Gasteiger charge is 2.47. The highest BCUT2D eigenvalue weighted by molar-refractivity contribution is 6.51. The fraction of sp³-hybridized carbons (Fsp3) is 0.222. The smallest absolute Gasteiger partial charge is 0.300 e. The molecule has 1 aliphatic rings. The number of carbonyl (C=O) groups excluding carboxylic acids is 2. The maximum Gasteiger partial charge on any atom is 0.300 e. The maximum absolute atomic E-state index is 13.3. The number of nitrogens with zero attached hydrogens (tertiary/aromatic N) is 2. The lowest BCUT2D eigenvalue weighted by atomic mass is 9.98. The van der Waals surface area contributed by atoms with Crippen molar-refractivity contribution >= 4 is 46.3 Å². The third-order valence-corrected chi connectivity index (χ3v) is 6.48. The number of carbonyl (C=O) groups is 2. The number of ketones is 1. The molecule has 3 aromatic rings. The van der Waals surface area contributed by atoms with Crippen molar-refractivity contribution in [3.8, 4) is 5.75 Å². The fourth-order valence-corrected chi connectivity index (χ4v) is 4.81. The number of Topliss-reactive ketones (excluding diaryl/α,β-unsaturated/α-hetero) is 1. The number of aromatic nitrogens is 1. The topological polar surface area (TPSA) is 79.7 Å². The number of anilines is 1. The van der Waals surface area contributed by atoms with Crippen LogP contribution in [0.3, 0.4) is 0 Å². The van der Waals surface area contributed by atoms with Gasteiger partial charge in [-0.2, -0.15) is 0 Å². The van der Waals surface area contributed by atoms with Crippen LogP contribution in [0, 0.1) is 0 Å². The zero-order valence-electron chi connectivity index (χ0n) is 19.3. The molecule has 4 rings (SSSR count). The lowest BCUT2D eigenvalue weighted by Crippen LogP contribution is -2.29. The molecule has 0 spiro atoms. The standard InChI is InChI=1S/C27H24Cl2N2O4/c1-3-4-7-16-9-11-18(12-10-16)31-23(21-8-5-6-13-30-21)22(25(33)27(31)34)24(32)17-14-19(28)26(35-2)20(29)15-17/h5-6,8-15,23,32H,3-4,7H2,1-2H3/b24-22+. The molecule has 2 heterocycles. The molecule has 0 radical (unpaired) electrons. The highest BCUT2D eigenvalue weighted by Crippen LogP contribution is 2.43. The summed E-state index contributed by atoms with van der Waals surface area (Å²) in [6.45, 7) is 2.13. The Labute approximate surface area is 213 Å². The van der Waals surface area contributed by atoms with Gasteiger partial charge >= 0.3 is 0 Å². The molecule has 180 valence electrons. The summed E-state index contributed by atoms with van der Waals surface area (Å²) in [5, 5.41) is 11.6. The minimum atomic E-state index is -0.933. The molecular formula is C27H24Cl2N2O4. The fourth-order valence-electron chi connectivity index (χ4n) is 4.17. The van der Waals surface area contributed by atoms with Crippen LogP contribution in [-0.2, 0) is 16.0 Å². The molecule has 6 nitrogen and oxygen atoms in total. The molecule has 1 atom stereocenters. The van der Waals surface area contributed by atoms with E-state index in [1.54, 1.807) is 24.4 Å². The van der Waals surface area contributed by atoms with Crippen molar-refractivity contribution in [3.63, 3.8) is 0 Å². The lowest BCUT2D eigenvalue weighted by molar-refractivity contribution is -0.132. The molecule has 2 aromatic carbocycles. The molecule has 1 aromatic heterocycles. The number of rotatable bonds is 7. The van der Waals surface area contributed by atoms with Gasteiger partial charge in [-0.05, 0) is 54.8 Å². The van der Waals surface area contributed by atoms with Gasteiger partial charge in [0.1, 0.15) is 11.8 Å². The number of hydrogen-bond donors (Lipinski definition) is 1. The first kappa shape index (κ1) is 24.8. The van der Waals surface area contributed by atoms with Gasteiger partial charge in [0.15, 0.2) is 5.75 Å². The van der Waals surface area contributed by atoms with Gasteiger partial charge in [0.2, 0.25) is 0 Å². The van der Waals surface area contributed by atoms with Gasteiger partial charge < -0.3 is 9.84 Å². The van der Waals surface area contributed by atoms with Gasteiger partial charge in [0.25, 0.3) is 11.7 Å². The average Bonchev–Trinajstić information content (AvgIpc) is 3.13. The Hall–Kier alpha value is -3.35. The Morgan fingerprint density at radius 3 is 2.34 bits per heavy atom. The Morgan fingerprint density at radius 2 is 1.77 bits per heavy atom. The summed E-state index contributed by atoms with van der Waals surface area (Å²) in [6, 6.07) is 14.7. The van der Waals surface area contributed by atoms with Gasteiger partial charge in [0, 0.05) is 17.4 Å². The number of unbranched alkanes of at least 4 members (excludes halogenated alkanes) is 1. The second-order valence-electron chi connectivity index (χ2n) is 8.17. The van der Waals surface area contributed by atoms with Crippen molar-refractivity contribution in [2.75, 3.05) is 12.0 Å². The van der Waals surface area contributed by atoms with Gasteiger partial charge in [-0.3, -0.25) is 19.5 Å². The van der Waals surface area contributed by atoms with Crippen molar-refractivity contribution in [1.82, 2.24) is 4.98 Å². The second kappa shape index (κ2) is 10.5. The zero-order valence-corrected chi connectivity index (χ0v) is 20.8. The zero-order chi connectivity index (χ0) is 25.1. The Bertz CT molecular complexity index is 1270. The van der Waals surface area contributed by atoms with E-state index in [9.17, 15) is 14.7 Å². The first-order valence-electron chi connectivity index (χ1n) is 11.2. The molecule has 1 N–H and O–H groups in total. The Kier molecular flexibility index (Phi) is 7.43. The van der Waals surface area contributed by atoms with Crippen LogP contribution < -0.4 is 9.64 Å². The number of ether oxygens (including phenoxy) is 1. The quantitative estimate of drug-likeness (QED) is 0.227. The van der Waals surface area contributed by atoms with Crippen LogP contribution in [0.4, 0.5) is 5.69 Å². The lowest BCUT2D eigenvalue weighted by Gasteiger charge is -2.25. The first-order chi connectivity index (χ1) is 16.9. The van der Waals surface area contributed by atoms with E-state index in [1.165, 1.54) is 24.1 Å². The predicted molar refractivity (Wildman–Crippen MR) is 137 cm³/mol. The van der Waals surface area contributed by atoms with Crippen molar-refractivity contribution < 1.29 is 19.4 Å². The summed E-state index contributed by atoms with van der Waals surface area (Å²) >= 11 is 12.5. The normalized spacial score (nSPS) is 17.1. The number of benzene rings is 2. The number of pyridine rings is 1. The van der Waals surface area contributed by atoms with Gasteiger partial charge in [-0.1, -0.05) is 54.7 Å². The Balaban J connectivity index is 1.86. The monoisotopic (exact) mass is 510 g/mol. The van der Waals surface area contributed by atoms with Crippen LogP contribution in [-0.4, -0.2) is 28.9 Å². The number of aryl methyl sites for hydroxylation is 1. The van der Waals surface area contributed by atoms with Crippen molar-refractivity contribution in [2.24, 2.45) is 0 Å². The van der Waals surface area contributed by atoms with Gasteiger partial charge in [-0.25, -0.2) is 0 Å². The van der Waals surface area contributed by atoms with E-state index in [1.807, 2.05) is 24.3 Å². The number of hydrogen-bond acceptors (Lipinski definition) is 5. The van der Waals surface area contributed by atoms with Crippen LogP contribution in [0.2, 0.25) is 10.0 Å². The second-order valence-corrected chi connectivity index (χ2v) is 8.98. The van der Waals surface area contributed by atoms with E-state index < -0.39 is 23.5 Å². The predicted octanol–water partition coefficient (Wildman–Crippen LogP) is 6.37. The van der Waals surface area contributed by atoms with Crippen molar-refractivity contribution in [1.29, 1.82) is 0 Å². The van der Waals surface area contributed by atoms with E-state index in [4.69, 9.17) is 27.9 Å². The van der Waals surface area contributed by atoms with Crippen LogP contribution in [0.1, 0.15) is 42.6 Å². The van der Waals surface area contributed by atoms with Gasteiger partial charge in [0.05, 0.1) is 28.4 Å². The summed E-state index contributed by atoms with van der Waals surface area (Å²) in [5.41, 5.74) is 2.21. The van der Waals surface area contributed by atoms with Crippen LogP contribution in [0.25, 0.3) is 5.76 Å². The summed E-state index contributed by atoms with van der Waals surface area (Å²) in [7, 11) is 1.42. The average molecular weight is 511 g/mol. The van der Waals surface area contributed by atoms with Crippen molar-refractivity contribution in [3.05, 3.63) is 93.2 Å². The number of halogens is 2. The third-order valence-electron chi connectivity index (χ3n) is 5.92. The van der Waals surface area contributed by atoms with Crippen LogP contribution in [0.15, 0.2) is 66.4 Å². The van der Waals surface area contributed by atoms with Crippen molar-refractivity contribution in [2.45, 2.75) is 32.2 Å². The number of aliphatic hydroxyl groups is 1. The van der Waals surface area contributed by atoms with E-state index in [-0.39, 0.29) is 26.9 Å². The molecule has 0 saturated carbocycles. The maximum atomic E-state index is 13.3. The molecule has 35 heavy (non-hydrogen) atoms. The summed E-state index contributed by atoms with van der Waals surface area (Å²) in [4.78, 5) is 32.3. The first-order valence-corrected chi connectivity index (χ1v) is 12.0. The minimum absolute atomic E-state index is 0.0962. The molecule has 1 aliphatic heterocycles. The minimum Gasteiger partial charge on any atom is -0.507 e. The van der Waals surface area contributed by atoms with E-state index in [2.05, 4.69) is 11.9 Å². The largest absolute Gasteiger partial charge is 0.507 e. The summed E-state index contributed by atoms with van der Waals surface area (Å²) < 4.78 is 5.17. The third kappa shape index (κ3) is 4.77. The molecule has 0 aliphatic carbocycles. The van der Waals surface area contributed by atoms with Crippen LogP contribution in [0.5, 0.6) is 5.75 Å². The van der Waals surface area contributed by atoms with Gasteiger partial charge in [-0.15, -0.1) is 0 Å². The summed E-state index contributed by atoms with van der Waals surface area (Å²) in [6.07, 6.45) is 4.64. The van der Waals surface area contributed by atoms with E-state index in [0.29, 0.717) is 11.4 Å². The molecule has 1 amide bonds. The number of aliphatic hydroxyl groups excluding tert-OH is 1. The molecule has 1 fully saturated rings. The van der Waals surface area contributed by atoms with E-state index in [0.717, 1.165) is 24.8 Å². The molecule has 0 bridgehead atoms. The molecule has 8 heteroatoms. The Morgan fingerprint density at radius 1 is 1.09 bits per heavy atom. The summed E-state index contributed by atoms with van der Waals surface area (Å²) in [5.74, 6) is -1.73. The SMILES string of the molecule is CCCCc1ccc(N2C(=O)C(=O)/C(=C(/O)c3cc(Cl)c(OC)c(Cl)c3)C2c2ccccn2)cc1. The highest BCUT2D eigenvalue weighted by atomic mass is 35.5.